The molecule has 0 radical (unpaired) electrons. The van der Waals surface area contributed by atoms with E-state index < -0.39 is 11.1 Å². The molecule has 0 saturated carbocycles. The monoisotopic (exact) mass is 267 g/mol. The molecule has 0 N–H and O–H groups in total. The summed E-state index contributed by atoms with van der Waals surface area (Å²) in [5.74, 6) is 0. The van der Waals surface area contributed by atoms with Gasteiger partial charge in [0.1, 0.15) is 6.17 Å². The molecule has 1 unspecified atom stereocenters. The minimum Gasteiger partial charge on any atom is -0.368 e. The summed E-state index contributed by atoms with van der Waals surface area (Å²) in [6.45, 7) is 1.10. The second-order valence-electron chi connectivity index (χ2n) is 5.06. The summed E-state index contributed by atoms with van der Waals surface area (Å²) >= 11 is 0. The third kappa shape index (κ3) is 3.01. The van der Waals surface area contributed by atoms with Gasteiger partial charge in [-0.25, -0.2) is 4.39 Å². The van der Waals surface area contributed by atoms with E-state index in [1.165, 1.54) is 12.1 Å². The summed E-state index contributed by atoms with van der Waals surface area (Å²) < 4.78 is 14.1. The molecule has 1 heterocycles. The summed E-state index contributed by atoms with van der Waals surface area (Å²) in [6, 6.07) is 6.23. The molecule has 1 aromatic carbocycles. The van der Waals surface area contributed by atoms with Gasteiger partial charge in [0.2, 0.25) is 0 Å². The maximum absolute atomic E-state index is 14.1. The Morgan fingerprint density at radius 1 is 1.37 bits per heavy atom. The highest BCUT2D eigenvalue weighted by Gasteiger charge is 2.30. The number of nitro groups is 1. The third-order valence-electron chi connectivity index (χ3n) is 3.60. The normalized spacial score (nSPS) is 23.7. The highest BCUT2D eigenvalue weighted by Crippen LogP contribution is 2.25. The van der Waals surface area contributed by atoms with Gasteiger partial charge in [-0.3, -0.25) is 10.1 Å². The predicted molar refractivity (Wildman–Crippen MR) is 72.3 cm³/mol. The molecule has 1 aliphatic rings. The minimum atomic E-state index is -0.904. The smallest absolute Gasteiger partial charge is 0.269 e. The van der Waals surface area contributed by atoms with E-state index >= 15 is 0 Å². The van der Waals surface area contributed by atoms with E-state index in [0.717, 1.165) is 18.7 Å². The maximum Gasteiger partial charge on any atom is 0.269 e. The third-order valence-corrected chi connectivity index (χ3v) is 3.60. The van der Waals surface area contributed by atoms with Crippen molar-refractivity contribution < 1.29 is 9.31 Å². The second kappa shape index (κ2) is 5.52. The van der Waals surface area contributed by atoms with Gasteiger partial charge >= 0.3 is 0 Å². The van der Waals surface area contributed by atoms with E-state index in [1.54, 1.807) is 12.1 Å². The van der Waals surface area contributed by atoms with Crippen molar-refractivity contribution in [1.82, 2.24) is 4.90 Å². The van der Waals surface area contributed by atoms with Crippen LogP contribution in [-0.2, 0) is 0 Å². The van der Waals surface area contributed by atoms with Gasteiger partial charge in [-0.1, -0.05) is 0 Å². The van der Waals surface area contributed by atoms with Crippen LogP contribution in [0.2, 0.25) is 0 Å². The van der Waals surface area contributed by atoms with Crippen LogP contribution in [-0.4, -0.2) is 49.2 Å². The number of hydrogen-bond donors (Lipinski definition) is 0. The Hall–Kier alpha value is -1.69. The lowest BCUT2D eigenvalue weighted by Gasteiger charge is -2.38. The van der Waals surface area contributed by atoms with Crippen molar-refractivity contribution >= 4 is 11.4 Å². The van der Waals surface area contributed by atoms with Crippen LogP contribution < -0.4 is 4.90 Å². The van der Waals surface area contributed by atoms with Crippen molar-refractivity contribution in [3.8, 4) is 0 Å². The molecule has 0 aromatic heterocycles. The molecule has 5 nitrogen and oxygen atoms in total. The summed E-state index contributed by atoms with van der Waals surface area (Å²) in [5.41, 5.74) is 0.897. The van der Waals surface area contributed by atoms with Crippen LogP contribution in [0.1, 0.15) is 6.42 Å². The number of anilines is 1. The number of benzene rings is 1. The highest BCUT2D eigenvalue weighted by atomic mass is 19.1. The lowest BCUT2D eigenvalue weighted by molar-refractivity contribution is -0.384. The predicted octanol–water partition coefficient (Wildman–Crippen LogP) is 2.07. The van der Waals surface area contributed by atoms with Crippen LogP contribution in [0.15, 0.2) is 24.3 Å². The number of nitrogens with zero attached hydrogens (tertiary/aromatic N) is 3. The van der Waals surface area contributed by atoms with Crippen molar-refractivity contribution in [2.45, 2.75) is 18.6 Å². The standard InChI is InChI=1S/C13H18FN3O2/c1-15(2)13-7-8-16(9-12(13)14)10-3-5-11(6-4-10)17(18)19/h3-6,12-13H,7-9H2,1-2H3/t12-,13?/m0/s1. The molecule has 104 valence electrons. The number of hydrogen-bond acceptors (Lipinski definition) is 4. The maximum atomic E-state index is 14.1. The largest absolute Gasteiger partial charge is 0.368 e. The minimum absolute atomic E-state index is 0.0469. The lowest BCUT2D eigenvalue weighted by atomic mass is 10.0. The second-order valence-corrected chi connectivity index (χ2v) is 5.06. The molecule has 19 heavy (non-hydrogen) atoms. The zero-order valence-corrected chi connectivity index (χ0v) is 11.1. The summed E-state index contributed by atoms with van der Waals surface area (Å²) in [5, 5.41) is 10.6. The molecule has 1 saturated heterocycles. The van der Waals surface area contributed by atoms with E-state index in [-0.39, 0.29) is 11.7 Å². The molecule has 2 rings (SSSR count). The van der Waals surface area contributed by atoms with Crippen molar-refractivity contribution in [2.75, 3.05) is 32.1 Å². The first-order valence-corrected chi connectivity index (χ1v) is 6.29. The Bertz CT molecular complexity index is 450. The van der Waals surface area contributed by atoms with E-state index in [4.69, 9.17) is 0 Å². The Morgan fingerprint density at radius 2 is 2.00 bits per heavy atom. The number of halogens is 1. The fraction of sp³-hybridized carbons (Fsp3) is 0.538. The fourth-order valence-corrected chi connectivity index (χ4v) is 2.49. The van der Waals surface area contributed by atoms with Gasteiger partial charge in [-0.05, 0) is 32.6 Å². The van der Waals surface area contributed by atoms with Gasteiger partial charge < -0.3 is 9.80 Å². The van der Waals surface area contributed by atoms with Crippen molar-refractivity contribution in [3.05, 3.63) is 34.4 Å². The first-order chi connectivity index (χ1) is 8.99. The number of rotatable bonds is 3. The van der Waals surface area contributed by atoms with Crippen LogP contribution in [0.4, 0.5) is 15.8 Å². The topological polar surface area (TPSA) is 49.6 Å². The average Bonchev–Trinajstić information content (AvgIpc) is 2.38. The van der Waals surface area contributed by atoms with Crippen molar-refractivity contribution in [3.63, 3.8) is 0 Å². The van der Waals surface area contributed by atoms with E-state index in [9.17, 15) is 14.5 Å². The fourth-order valence-electron chi connectivity index (χ4n) is 2.49. The summed E-state index contributed by atoms with van der Waals surface area (Å²) in [7, 11) is 3.78. The van der Waals surface area contributed by atoms with Crippen LogP contribution in [0.3, 0.4) is 0 Å². The van der Waals surface area contributed by atoms with Crippen LogP contribution in [0.25, 0.3) is 0 Å². The lowest BCUT2D eigenvalue weighted by Crippen LogP contribution is -2.50. The summed E-state index contributed by atoms with van der Waals surface area (Å²) in [6.07, 6.45) is -0.149. The molecule has 0 spiro atoms. The molecule has 1 aromatic rings. The number of non-ortho nitro benzene ring substituents is 1. The van der Waals surface area contributed by atoms with Gasteiger partial charge in [0.15, 0.2) is 0 Å². The first kappa shape index (κ1) is 13.7. The molecular formula is C13H18FN3O2. The van der Waals surface area contributed by atoms with Crippen molar-refractivity contribution in [2.24, 2.45) is 0 Å². The highest BCUT2D eigenvalue weighted by molar-refractivity contribution is 5.51. The number of nitro benzene ring substituents is 1. The molecule has 0 bridgehead atoms. The molecular weight excluding hydrogens is 249 g/mol. The van der Waals surface area contributed by atoms with E-state index in [1.807, 2.05) is 23.9 Å². The SMILES string of the molecule is CN(C)C1CCN(c2ccc([N+](=O)[O-])cc2)C[C@@H]1F. The molecule has 1 fully saturated rings. The molecule has 6 heteroatoms. The van der Waals surface area contributed by atoms with E-state index in [0.29, 0.717) is 6.54 Å². The summed E-state index contributed by atoms with van der Waals surface area (Å²) in [4.78, 5) is 14.0. The molecule has 0 aliphatic carbocycles. The van der Waals surface area contributed by atoms with Gasteiger partial charge in [-0.2, -0.15) is 0 Å². The van der Waals surface area contributed by atoms with Crippen LogP contribution >= 0.6 is 0 Å². The zero-order valence-electron chi connectivity index (χ0n) is 11.1. The van der Waals surface area contributed by atoms with Crippen LogP contribution in [0, 0.1) is 10.1 Å². The van der Waals surface area contributed by atoms with Gasteiger partial charge in [0.25, 0.3) is 5.69 Å². The Morgan fingerprint density at radius 3 is 2.47 bits per heavy atom. The number of piperidine rings is 1. The quantitative estimate of drug-likeness (QED) is 0.621. The van der Waals surface area contributed by atoms with Gasteiger partial charge in [0, 0.05) is 30.4 Å². The Kier molecular flexibility index (Phi) is 3.99. The first-order valence-electron chi connectivity index (χ1n) is 6.29. The van der Waals surface area contributed by atoms with Gasteiger partial charge in [-0.15, -0.1) is 0 Å². The molecule has 1 aliphatic heterocycles. The molecule has 2 atom stereocenters. The zero-order chi connectivity index (χ0) is 14.0. The van der Waals surface area contributed by atoms with E-state index in [2.05, 4.69) is 0 Å². The molecule has 0 amide bonds. The van der Waals surface area contributed by atoms with Crippen LogP contribution in [0.5, 0.6) is 0 Å². The Labute approximate surface area is 111 Å². The van der Waals surface area contributed by atoms with Gasteiger partial charge in [0.05, 0.1) is 11.5 Å². The Balaban J connectivity index is 2.06. The number of alkyl halides is 1. The average molecular weight is 267 g/mol. The van der Waals surface area contributed by atoms with Crippen molar-refractivity contribution in [1.29, 1.82) is 0 Å².